The summed E-state index contributed by atoms with van der Waals surface area (Å²) in [5.74, 6) is 1.75. The van der Waals surface area contributed by atoms with E-state index in [-0.39, 0.29) is 0 Å². The van der Waals surface area contributed by atoms with Gasteiger partial charge in [-0.2, -0.15) is 0 Å². The zero-order valence-electron chi connectivity index (χ0n) is 13.4. The third kappa shape index (κ3) is 4.19. The minimum absolute atomic E-state index is 0.462. The number of hydrogen-bond acceptors (Lipinski definition) is 4. The molecule has 2 rings (SSSR count). The Kier molecular flexibility index (Phi) is 4.94. The van der Waals surface area contributed by atoms with Crippen molar-refractivity contribution in [3.05, 3.63) is 59.3 Å². The van der Waals surface area contributed by atoms with E-state index in [1.165, 1.54) is 11.1 Å². The predicted octanol–water partition coefficient (Wildman–Crippen LogP) is 4.41. The standard InChI is InChI=1S/C18H21N3O/c1-5-17(15-6-7-20-18(19)11-15)22-14(4)21-16-9-12(2)8-13(3)10-16/h5-11H,1-4H3,(H2,19,20). The van der Waals surface area contributed by atoms with Crippen LogP contribution in [-0.4, -0.2) is 10.9 Å². The number of hydrogen-bond donors (Lipinski definition) is 1. The summed E-state index contributed by atoms with van der Waals surface area (Å²) in [6, 6.07) is 9.81. The number of benzene rings is 1. The van der Waals surface area contributed by atoms with Crippen molar-refractivity contribution < 1.29 is 4.74 Å². The quantitative estimate of drug-likeness (QED) is 0.518. The third-order valence-corrected chi connectivity index (χ3v) is 3.08. The number of pyridine rings is 1. The molecule has 22 heavy (non-hydrogen) atoms. The Morgan fingerprint density at radius 1 is 1.18 bits per heavy atom. The summed E-state index contributed by atoms with van der Waals surface area (Å²) in [5.41, 5.74) is 9.84. The molecule has 0 aliphatic rings. The van der Waals surface area contributed by atoms with Crippen molar-refractivity contribution >= 4 is 23.2 Å². The molecular weight excluding hydrogens is 274 g/mol. The van der Waals surface area contributed by atoms with E-state index in [1.807, 2.05) is 38.1 Å². The SMILES string of the molecule is CC=C(OC(C)=Nc1cc(C)cc(C)c1)c1ccnc(N)c1. The number of aromatic nitrogens is 1. The van der Waals surface area contributed by atoms with Gasteiger partial charge in [0.15, 0.2) is 5.90 Å². The first-order valence-corrected chi connectivity index (χ1v) is 7.17. The first-order chi connectivity index (χ1) is 10.5. The van der Waals surface area contributed by atoms with E-state index in [9.17, 15) is 0 Å². The first kappa shape index (κ1) is 15.8. The van der Waals surface area contributed by atoms with E-state index >= 15 is 0 Å². The normalized spacial score (nSPS) is 12.4. The van der Waals surface area contributed by atoms with Gasteiger partial charge in [-0.05, 0) is 62.2 Å². The maximum atomic E-state index is 5.85. The highest BCUT2D eigenvalue weighted by atomic mass is 16.5. The van der Waals surface area contributed by atoms with Gasteiger partial charge in [0, 0.05) is 18.7 Å². The average molecular weight is 295 g/mol. The Bertz CT molecular complexity index is 713. The van der Waals surface area contributed by atoms with E-state index in [4.69, 9.17) is 10.5 Å². The van der Waals surface area contributed by atoms with Gasteiger partial charge < -0.3 is 10.5 Å². The molecule has 2 aromatic rings. The van der Waals surface area contributed by atoms with Crippen LogP contribution in [0.2, 0.25) is 0 Å². The molecule has 0 atom stereocenters. The number of nitrogen functional groups attached to an aromatic ring is 1. The number of rotatable bonds is 3. The lowest BCUT2D eigenvalue weighted by Crippen LogP contribution is -2.00. The van der Waals surface area contributed by atoms with Crippen LogP contribution in [0.15, 0.2) is 47.6 Å². The fourth-order valence-corrected chi connectivity index (χ4v) is 2.27. The van der Waals surface area contributed by atoms with Gasteiger partial charge in [0.2, 0.25) is 0 Å². The molecule has 0 aliphatic heterocycles. The smallest absolute Gasteiger partial charge is 0.192 e. The van der Waals surface area contributed by atoms with Crippen LogP contribution in [-0.2, 0) is 4.74 Å². The summed E-state index contributed by atoms with van der Waals surface area (Å²) in [7, 11) is 0. The number of nitrogens with zero attached hydrogens (tertiary/aromatic N) is 2. The molecule has 1 aromatic heterocycles. The molecule has 0 saturated heterocycles. The molecule has 0 bridgehead atoms. The first-order valence-electron chi connectivity index (χ1n) is 7.17. The van der Waals surface area contributed by atoms with Crippen LogP contribution in [0.5, 0.6) is 0 Å². The highest BCUT2D eigenvalue weighted by Crippen LogP contribution is 2.21. The van der Waals surface area contributed by atoms with E-state index in [2.05, 4.69) is 29.9 Å². The Balaban J connectivity index is 2.22. The Labute approximate surface area is 131 Å². The summed E-state index contributed by atoms with van der Waals surface area (Å²) in [6.07, 6.45) is 3.54. The summed E-state index contributed by atoms with van der Waals surface area (Å²) in [6.45, 7) is 7.86. The van der Waals surface area contributed by atoms with Gasteiger partial charge >= 0.3 is 0 Å². The molecule has 0 amide bonds. The molecule has 0 saturated carbocycles. The van der Waals surface area contributed by atoms with Crippen LogP contribution in [0.1, 0.15) is 30.5 Å². The molecule has 4 nitrogen and oxygen atoms in total. The van der Waals surface area contributed by atoms with Gasteiger partial charge in [-0.25, -0.2) is 9.98 Å². The number of aryl methyl sites for hydroxylation is 2. The van der Waals surface area contributed by atoms with Gasteiger partial charge in [-0.3, -0.25) is 0 Å². The number of anilines is 1. The number of allylic oxidation sites excluding steroid dienone is 1. The van der Waals surface area contributed by atoms with Crippen molar-refractivity contribution in [1.29, 1.82) is 0 Å². The molecule has 1 heterocycles. The maximum Gasteiger partial charge on any atom is 0.192 e. The van der Waals surface area contributed by atoms with Crippen LogP contribution in [0, 0.1) is 13.8 Å². The van der Waals surface area contributed by atoms with Crippen LogP contribution in [0.3, 0.4) is 0 Å². The summed E-state index contributed by atoms with van der Waals surface area (Å²) in [4.78, 5) is 8.51. The maximum absolute atomic E-state index is 5.85. The molecule has 114 valence electrons. The second-order valence-electron chi connectivity index (χ2n) is 5.20. The molecule has 0 unspecified atom stereocenters. The largest absolute Gasteiger partial charge is 0.443 e. The Morgan fingerprint density at radius 3 is 2.45 bits per heavy atom. The van der Waals surface area contributed by atoms with Gasteiger partial charge in [-0.1, -0.05) is 6.07 Å². The number of ether oxygens (including phenoxy) is 1. The minimum atomic E-state index is 0.462. The van der Waals surface area contributed by atoms with Crippen molar-refractivity contribution in [3.63, 3.8) is 0 Å². The minimum Gasteiger partial charge on any atom is -0.443 e. The number of nitrogens with two attached hydrogens (primary N) is 1. The van der Waals surface area contributed by atoms with Gasteiger partial charge in [0.1, 0.15) is 11.6 Å². The third-order valence-electron chi connectivity index (χ3n) is 3.08. The topological polar surface area (TPSA) is 60.5 Å². The Hall–Kier alpha value is -2.62. The van der Waals surface area contributed by atoms with Crippen LogP contribution in [0.4, 0.5) is 11.5 Å². The van der Waals surface area contributed by atoms with Crippen molar-refractivity contribution in [2.24, 2.45) is 4.99 Å². The van der Waals surface area contributed by atoms with Crippen LogP contribution >= 0.6 is 0 Å². The van der Waals surface area contributed by atoms with Gasteiger partial charge in [-0.15, -0.1) is 0 Å². The molecule has 2 N–H and O–H groups in total. The average Bonchev–Trinajstić information content (AvgIpc) is 2.43. The van der Waals surface area contributed by atoms with E-state index < -0.39 is 0 Å². The van der Waals surface area contributed by atoms with E-state index in [1.54, 1.807) is 12.3 Å². The lowest BCUT2D eigenvalue weighted by atomic mass is 10.1. The highest BCUT2D eigenvalue weighted by Gasteiger charge is 2.05. The molecule has 4 heteroatoms. The summed E-state index contributed by atoms with van der Waals surface area (Å²) >= 11 is 0. The van der Waals surface area contributed by atoms with Gasteiger partial charge in [0.05, 0.1) is 5.69 Å². The molecule has 0 fully saturated rings. The second-order valence-corrected chi connectivity index (χ2v) is 5.20. The van der Waals surface area contributed by atoms with Crippen LogP contribution in [0.25, 0.3) is 5.76 Å². The van der Waals surface area contributed by atoms with Crippen LogP contribution < -0.4 is 5.73 Å². The van der Waals surface area contributed by atoms with Crippen molar-refractivity contribution in [3.8, 4) is 0 Å². The molecule has 0 radical (unpaired) electrons. The van der Waals surface area contributed by atoms with Crippen molar-refractivity contribution in [2.75, 3.05) is 5.73 Å². The van der Waals surface area contributed by atoms with Crippen molar-refractivity contribution in [2.45, 2.75) is 27.7 Å². The molecule has 0 spiro atoms. The fraction of sp³-hybridized carbons (Fsp3) is 0.222. The molecular formula is C18H21N3O. The van der Waals surface area contributed by atoms with Crippen molar-refractivity contribution in [1.82, 2.24) is 4.98 Å². The summed E-state index contributed by atoms with van der Waals surface area (Å²) < 4.78 is 5.85. The highest BCUT2D eigenvalue weighted by molar-refractivity contribution is 5.83. The zero-order chi connectivity index (χ0) is 16.1. The molecule has 0 aliphatic carbocycles. The number of aliphatic imine (C=N–C) groups is 1. The monoisotopic (exact) mass is 295 g/mol. The summed E-state index contributed by atoms with van der Waals surface area (Å²) in [5, 5.41) is 0. The van der Waals surface area contributed by atoms with Gasteiger partial charge in [0.25, 0.3) is 0 Å². The second kappa shape index (κ2) is 6.89. The Morgan fingerprint density at radius 2 is 1.86 bits per heavy atom. The lowest BCUT2D eigenvalue weighted by molar-refractivity contribution is 0.502. The zero-order valence-corrected chi connectivity index (χ0v) is 13.4. The molecule has 1 aromatic carbocycles. The van der Waals surface area contributed by atoms with E-state index in [0.717, 1.165) is 11.3 Å². The van der Waals surface area contributed by atoms with E-state index in [0.29, 0.717) is 17.5 Å². The predicted molar refractivity (Wildman–Crippen MR) is 92.1 cm³/mol. The lowest BCUT2D eigenvalue weighted by Gasteiger charge is -2.10. The fourth-order valence-electron chi connectivity index (χ4n) is 2.27.